The molecule has 1 unspecified atom stereocenters. The molecule has 33 heavy (non-hydrogen) atoms. The van der Waals surface area contributed by atoms with Gasteiger partial charge in [0.15, 0.2) is 0 Å². The van der Waals surface area contributed by atoms with E-state index in [2.05, 4.69) is 46.3 Å². The molecule has 8 nitrogen and oxygen atoms in total. The maximum absolute atomic E-state index is 10.2. The molecule has 9 heteroatoms. The van der Waals surface area contributed by atoms with E-state index in [4.69, 9.17) is 4.74 Å². The Labute approximate surface area is 202 Å². The number of β-amino-alcohol motifs (C(OH)–C–C–N with tert-alkyl or cyclic N) is 1. The molecular weight excluding hydrogens is 484 g/mol. The number of halogens is 1. The van der Waals surface area contributed by atoms with Crippen LogP contribution in [0, 0.1) is 0 Å². The number of nitrogens with zero attached hydrogens (tertiary/aromatic N) is 4. The zero-order valence-corrected chi connectivity index (χ0v) is 20.2. The zero-order chi connectivity index (χ0) is 23.0. The van der Waals surface area contributed by atoms with Gasteiger partial charge in [-0.15, -0.1) is 0 Å². The number of aliphatic hydroxyl groups is 1. The molecule has 0 saturated carbocycles. The van der Waals surface area contributed by atoms with Crippen LogP contribution in [0.3, 0.4) is 0 Å². The summed E-state index contributed by atoms with van der Waals surface area (Å²) in [6, 6.07) is 17.6. The van der Waals surface area contributed by atoms with Gasteiger partial charge in [0.1, 0.15) is 17.8 Å². The molecule has 1 aliphatic rings. The van der Waals surface area contributed by atoms with E-state index in [1.165, 1.54) is 0 Å². The van der Waals surface area contributed by atoms with Gasteiger partial charge in [0, 0.05) is 49.8 Å². The number of ether oxygens (including phenoxy) is 1. The van der Waals surface area contributed by atoms with Gasteiger partial charge in [0.05, 0.1) is 11.1 Å². The summed E-state index contributed by atoms with van der Waals surface area (Å²) >= 11 is 3.50. The summed E-state index contributed by atoms with van der Waals surface area (Å²) in [4.78, 5) is 13.2. The van der Waals surface area contributed by atoms with Gasteiger partial charge < -0.3 is 25.4 Å². The lowest BCUT2D eigenvalue weighted by Crippen LogP contribution is -2.52. The number of rotatable bonds is 9. The first-order valence-electron chi connectivity index (χ1n) is 11.0. The van der Waals surface area contributed by atoms with Crippen molar-refractivity contribution in [1.29, 1.82) is 0 Å². The molecule has 1 aromatic heterocycles. The van der Waals surface area contributed by atoms with E-state index in [0.717, 1.165) is 47.7 Å². The number of para-hydroxylation sites is 1. The Bertz CT molecular complexity index is 1040. The average Bonchev–Trinajstić information content (AvgIpc) is 2.81. The van der Waals surface area contributed by atoms with Crippen LogP contribution in [-0.4, -0.2) is 70.9 Å². The van der Waals surface area contributed by atoms with Crippen LogP contribution in [0.1, 0.15) is 6.42 Å². The number of nitrogens with one attached hydrogen (secondary N) is 2. The maximum Gasteiger partial charge on any atom is 0.229 e. The van der Waals surface area contributed by atoms with Gasteiger partial charge in [0.2, 0.25) is 5.95 Å². The third kappa shape index (κ3) is 6.88. The largest absolute Gasteiger partial charge is 0.493 e. The molecule has 1 saturated heterocycles. The topological polar surface area (TPSA) is 85.8 Å². The fraction of sp³-hybridized carbons (Fsp3) is 0.333. The van der Waals surface area contributed by atoms with E-state index < -0.39 is 6.23 Å². The summed E-state index contributed by atoms with van der Waals surface area (Å²) < 4.78 is 6.71. The third-order valence-electron chi connectivity index (χ3n) is 5.39. The van der Waals surface area contributed by atoms with E-state index in [0.29, 0.717) is 24.9 Å². The first-order valence-corrected chi connectivity index (χ1v) is 11.8. The van der Waals surface area contributed by atoms with Gasteiger partial charge in [-0.2, -0.15) is 4.98 Å². The molecule has 4 rings (SSSR count). The van der Waals surface area contributed by atoms with Crippen molar-refractivity contribution in [3.05, 3.63) is 65.3 Å². The van der Waals surface area contributed by atoms with E-state index in [-0.39, 0.29) is 0 Å². The van der Waals surface area contributed by atoms with Crippen LogP contribution in [-0.2, 0) is 0 Å². The van der Waals surface area contributed by atoms with Gasteiger partial charge in [-0.05, 0) is 53.7 Å². The Morgan fingerprint density at radius 3 is 2.73 bits per heavy atom. The highest BCUT2D eigenvalue weighted by Gasteiger charge is 2.22. The number of anilines is 4. The molecule has 0 spiro atoms. The second kappa shape index (κ2) is 11.4. The summed E-state index contributed by atoms with van der Waals surface area (Å²) in [5.41, 5.74) is 1.79. The quantitative estimate of drug-likeness (QED) is 0.370. The molecule has 2 heterocycles. The Hall–Kier alpha value is -2.72. The minimum atomic E-state index is -0.400. The van der Waals surface area contributed by atoms with Crippen LogP contribution in [0.25, 0.3) is 0 Å². The average molecular weight is 513 g/mol. The first-order chi connectivity index (χ1) is 16.1. The van der Waals surface area contributed by atoms with Gasteiger partial charge in [-0.1, -0.05) is 24.3 Å². The number of piperazine rings is 1. The Kier molecular flexibility index (Phi) is 8.11. The minimum Gasteiger partial charge on any atom is -0.493 e. The lowest BCUT2D eigenvalue weighted by Gasteiger charge is -2.36. The number of aliphatic hydroxyl groups excluding tert-OH is 1. The highest BCUT2D eigenvalue weighted by Crippen LogP contribution is 2.26. The van der Waals surface area contributed by atoms with Crippen molar-refractivity contribution in [2.45, 2.75) is 12.6 Å². The van der Waals surface area contributed by atoms with E-state index in [1.807, 2.05) is 61.6 Å². The molecule has 3 aromatic rings. The molecule has 2 aromatic carbocycles. The van der Waals surface area contributed by atoms with E-state index >= 15 is 0 Å². The molecule has 1 aliphatic heterocycles. The number of likely N-dealkylation sites (N-methyl/N-ethyl adjacent to an activating group) is 1. The van der Waals surface area contributed by atoms with Crippen molar-refractivity contribution in [2.75, 3.05) is 50.5 Å². The van der Waals surface area contributed by atoms with Crippen LogP contribution in [0.5, 0.6) is 5.75 Å². The van der Waals surface area contributed by atoms with Crippen LogP contribution >= 0.6 is 15.9 Å². The summed E-state index contributed by atoms with van der Waals surface area (Å²) in [5, 5.41) is 16.7. The molecule has 0 amide bonds. The van der Waals surface area contributed by atoms with Crippen LogP contribution in [0.15, 0.2) is 65.3 Å². The van der Waals surface area contributed by atoms with Gasteiger partial charge in [-0.25, -0.2) is 4.98 Å². The fourth-order valence-electron chi connectivity index (χ4n) is 3.62. The first kappa shape index (κ1) is 23.4. The smallest absolute Gasteiger partial charge is 0.229 e. The lowest BCUT2D eigenvalue weighted by molar-refractivity contribution is -0.0502. The Balaban J connectivity index is 1.30. The van der Waals surface area contributed by atoms with Crippen molar-refractivity contribution in [3.8, 4) is 5.75 Å². The second-order valence-electron chi connectivity index (χ2n) is 8.01. The second-order valence-corrected chi connectivity index (χ2v) is 8.87. The summed E-state index contributed by atoms with van der Waals surface area (Å²) in [6.45, 7) is 3.95. The highest BCUT2D eigenvalue weighted by atomic mass is 79.9. The third-order valence-corrected chi connectivity index (χ3v) is 5.97. The van der Waals surface area contributed by atoms with Gasteiger partial charge >= 0.3 is 0 Å². The number of hydrogen-bond donors (Lipinski definition) is 3. The molecular formula is C24H29BrN6O2. The van der Waals surface area contributed by atoms with Crippen molar-refractivity contribution >= 4 is 39.1 Å². The Morgan fingerprint density at radius 1 is 1.09 bits per heavy atom. The van der Waals surface area contributed by atoms with Crippen molar-refractivity contribution < 1.29 is 9.84 Å². The Morgan fingerprint density at radius 2 is 1.91 bits per heavy atom. The SMILES string of the molecule is CN1CCN(CCCOc2cccc(Nc3ncc(Br)c(Nc4ccccc4)n3)c2)C(O)C1. The predicted octanol–water partition coefficient (Wildman–Crippen LogP) is 4.06. The van der Waals surface area contributed by atoms with Crippen LogP contribution in [0.2, 0.25) is 0 Å². The standard InChI is InChI=1S/C24H29BrN6O2/c1-30-12-13-31(22(32)17-30)11-6-14-33-20-10-5-9-19(15-20)28-24-26-16-21(25)23(29-24)27-18-7-3-2-4-8-18/h2-5,7-10,15-16,22,32H,6,11-14,17H2,1H3,(H2,26,27,28,29). The normalized spacial score (nSPS) is 17.0. The molecule has 0 radical (unpaired) electrons. The van der Waals surface area contributed by atoms with Crippen molar-refractivity contribution in [2.24, 2.45) is 0 Å². The number of benzene rings is 2. The van der Waals surface area contributed by atoms with E-state index in [1.54, 1.807) is 6.20 Å². The summed E-state index contributed by atoms with van der Waals surface area (Å²) in [7, 11) is 2.03. The predicted molar refractivity (Wildman–Crippen MR) is 134 cm³/mol. The molecule has 1 fully saturated rings. The molecule has 3 N–H and O–H groups in total. The fourth-order valence-corrected chi connectivity index (χ4v) is 3.91. The number of aromatic nitrogens is 2. The molecule has 0 bridgehead atoms. The molecule has 1 atom stereocenters. The van der Waals surface area contributed by atoms with Gasteiger partial charge in [-0.3, -0.25) is 4.90 Å². The van der Waals surface area contributed by atoms with Crippen molar-refractivity contribution in [3.63, 3.8) is 0 Å². The van der Waals surface area contributed by atoms with Crippen molar-refractivity contribution in [1.82, 2.24) is 19.8 Å². The molecule has 174 valence electrons. The minimum absolute atomic E-state index is 0.400. The monoisotopic (exact) mass is 512 g/mol. The van der Waals surface area contributed by atoms with Crippen LogP contribution in [0.4, 0.5) is 23.1 Å². The zero-order valence-electron chi connectivity index (χ0n) is 18.6. The van der Waals surface area contributed by atoms with E-state index in [9.17, 15) is 5.11 Å². The molecule has 0 aliphatic carbocycles. The highest BCUT2D eigenvalue weighted by molar-refractivity contribution is 9.10. The van der Waals surface area contributed by atoms with Crippen LogP contribution < -0.4 is 15.4 Å². The lowest BCUT2D eigenvalue weighted by atomic mass is 10.2. The number of hydrogen-bond acceptors (Lipinski definition) is 8. The summed E-state index contributed by atoms with van der Waals surface area (Å²) in [6.07, 6.45) is 2.17. The van der Waals surface area contributed by atoms with Gasteiger partial charge in [0.25, 0.3) is 0 Å². The maximum atomic E-state index is 10.2. The summed E-state index contributed by atoms with van der Waals surface area (Å²) in [5.74, 6) is 1.94.